The molecule has 0 aliphatic heterocycles. The zero-order valence-corrected chi connectivity index (χ0v) is 16.2. The summed E-state index contributed by atoms with van der Waals surface area (Å²) in [6.45, 7) is 5.13. The van der Waals surface area contributed by atoms with E-state index in [0.29, 0.717) is 21.5 Å². The highest BCUT2D eigenvalue weighted by atomic mass is 32.1. The van der Waals surface area contributed by atoms with Gasteiger partial charge in [0.05, 0.1) is 10.6 Å². The van der Waals surface area contributed by atoms with Crippen molar-refractivity contribution in [3.63, 3.8) is 0 Å². The van der Waals surface area contributed by atoms with Gasteiger partial charge in [0.25, 0.3) is 5.91 Å². The second-order valence-corrected chi connectivity index (χ2v) is 7.18. The van der Waals surface area contributed by atoms with Crippen LogP contribution in [0, 0.1) is 6.92 Å². The molecule has 27 heavy (non-hydrogen) atoms. The Balaban J connectivity index is 1.77. The average Bonchev–Trinajstić information content (AvgIpc) is 3.06. The molecule has 0 saturated carbocycles. The van der Waals surface area contributed by atoms with Crippen molar-refractivity contribution in [1.29, 1.82) is 0 Å². The number of nitrogens with one attached hydrogen (secondary N) is 1. The number of ether oxygens (including phenoxy) is 1. The summed E-state index contributed by atoms with van der Waals surface area (Å²) in [5.74, 6) is 0.224. The highest BCUT2D eigenvalue weighted by molar-refractivity contribution is 7.18. The third kappa shape index (κ3) is 4.60. The number of benzene rings is 2. The number of aromatic nitrogens is 1. The first kappa shape index (κ1) is 18.8. The molecule has 0 aliphatic rings. The van der Waals surface area contributed by atoms with Crippen molar-refractivity contribution >= 4 is 28.2 Å². The van der Waals surface area contributed by atoms with Gasteiger partial charge in [0.1, 0.15) is 5.75 Å². The molecule has 0 saturated heterocycles. The Bertz CT molecular complexity index is 967. The molecule has 3 rings (SSSR count). The van der Waals surface area contributed by atoms with Crippen LogP contribution in [0.5, 0.6) is 5.75 Å². The number of anilines is 1. The minimum atomic E-state index is -0.698. The van der Waals surface area contributed by atoms with Crippen LogP contribution in [0.2, 0.25) is 0 Å². The van der Waals surface area contributed by atoms with Crippen molar-refractivity contribution in [3.05, 3.63) is 65.0 Å². The summed E-state index contributed by atoms with van der Waals surface area (Å²) in [4.78, 5) is 29.4. The van der Waals surface area contributed by atoms with Crippen LogP contribution in [-0.4, -0.2) is 22.8 Å². The van der Waals surface area contributed by atoms with E-state index < -0.39 is 6.10 Å². The van der Waals surface area contributed by atoms with Crippen molar-refractivity contribution in [1.82, 2.24) is 4.98 Å². The van der Waals surface area contributed by atoms with Crippen LogP contribution in [0.25, 0.3) is 11.3 Å². The van der Waals surface area contributed by atoms with Gasteiger partial charge in [0, 0.05) is 12.5 Å². The standard InChI is InChI=1S/C21H20N2O3S/c1-13-8-7-11-17(12-13)26-15(3)20(25)23-21-22-18(19(27-21)14(2)24)16-9-5-4-6-10-16/h4-12,15H,1-3H3,(H,22,23,25). The predicted molar refractivity (Wildman–Crippen MR) is 107 cm³/mol. The number of hydrogen-bond acceptors (Lipinski definition) is 5. The number of Topliss-reactive ketones (excluding diaryl/α,β-unsaturated/α-hetero) is 1. The number of nitrogens with zero attached hydrogens (tertiary/aromatic N) is 1. The summed E-state index contributed by atoms with van der Waals surface area (Å²) in [7, 11) is 0. The molecule has 2 aromatic carbocycles. The molecule has 1 amide bonds. The molecule has 1 unspecified atom stereocenters. The maximum atomic E-state index is 12.5. The number of thiazole rings is 1. The Morgan fingerprint density at radius 1 is 1.11 bits per heavy atom. The monoisotopic (exact) mass is 380 g/mol. The smallest absolute Gasteiger partial charge is 0.266 e. The van der Waals surface area contributed by atoms with Crippen molar-refractivity contribution in [2.75, 3.05) is 5.32 Å². The van der Waals surface area contributed by atoms with Gasteiger partial charge in [-0.15, -0.1) is 0 Å². The molecule has 1 atom stereocenters. The predicted octanol–water partition coefficient (Wildman–Crippen LogP) is 4.73. The summed E-state index contributed by atoms with van der Waals surface area (Å²) in [6, 6.07) is 17.0. The molecule has 1 aromatic heterocycles. The van der Waals surface area contributed by atoms with Gasteiger partial charge in [-0.05, 0) is 31.5 Å². The summed E-state index contributed by atoms with van der Waals surface area (Å²) < 4.78 is 5.70. The van der Waals surface area contributed by atoms with E-state index in [1.165, 1.54) is 18.3 Å². The summed E-state index contributed by atoms with van der Waals surface area (Å²) in [5, 5.41) is 3.13. The van der Waals surface area contributed by atoms with Gasteiger partial charge in [-0.25, -0.2) is 4.98 Å². The van der Waals surface area contributed by atoms with Crippen LogP contribution in [0.15, 0.2) is 54.6 Å². The number of rotatable bonds is 6. The molecule has 0 spiro atoms. The zero-order chi connectivity index (χ0) is 19.4. The van der Waals surface area contributed by atoms with E-state index in [2.05, 4.69) is 10.3 Å². The maximum absolute atomic E-state index is 12.5. The fraction of sp³-hybridized carbons (Fsp3) is 0.190. The van der Waals surface area contributed by atoms with Crippen LogP contribution < -0.4 is 10.1 Å². The Morgan fingerprint density at radius 3 is 2.52 bits per heavy atom. The minimum Gasteiger partial charge on any atom is -0.481 e. The van der Waals surface area contributed by atoms with Crippen molar-refractivity contribution in [2.24, 2.45) is 0 Å². The molecular weight excluding hydrogens is 360 g/mol. The molecule has 3 aromatic rings. The first-order valence-corrected chi connectivity index (χ1v) is 9.37. The lowest BCUT2D eigenvalue weighted by atomic mass is 10.1. The molecule has 1 heterocycles. The van der Waals surface area contributed by atoms with Crippen LogP contribution in [0.4, 0.5) is 5.13 Å². The largest absolute Gasteiger partial charge is 0.481 e. The summed E-state index contributed by atoms with van der Waals surface area (Å²) in [5.41, 5.74) is 2.47. The Morgan fingerprint density at radius 2 is 1.85 bits per heavy atom. The van der Waals surface area contributed by atoms with E-state index in [4.69, 9.17) is 4.74 Å². The first-order chi connectivity index (χ1) is 12.9. The van der Waals surface area contributed by atoms with Crippen LogP contribution in [0.1, 0.15) is 29.1 Å². The molecule has 0 radical (unpaired) electrons. The number of aryl methyl sites for hydroxylation is 1. The number of amides is 1. The molecular formula is C21H20N2O3S. The van der Waals surface area contributed by atoms with Crippen molar-refractivity contribution < 1.29 is 14.3 Å². The van der Waals surface area contributed by atoms with E-state index in [9.17, 15) is 9.59 Å². The van der Waals surface area contributed by atoms with Gasteiger partial charge in [-0.2, -0.15) is 0 Å². The van der Waals surface area contributed by atoms with Crippen molar-refractivity contribution in [3.8, 4) is 17.0 Å². The molecule has 0 aliphatic carbocycles. The van der Waals surface area contributed by atoms with E-state index >= 15 is 0 Å². The van der Waals surface area contributed by atoms with E-state index in [-0.39, 0.29) is 11.7 Å². The second kappa shape index (κ2) is 8.14. The van der Waals surface area contributed by atoms with Crippen LogP contribution >= 0.6 is 11.3 Å². The normalized spacial score (nSPS) is 11.7. The first-order valence-electron chi connectivity index (χ1n) is 8.55. The second-order valence-electron chi connectivity index (χ2n) is 6.18. The number of carbonyl (C=O) groups excluding carboxylic acids is 2. The lowest BCUT2D eigenvalue weighted by Gasteiger charge is -2.14. The van der Waals surface area contributed by atoms with Gasteiger partial charge in [0.2, 0.25) is 0 Å². The third-order valence-corrected chi connectivity index (χ3v) is 4.97. The number of ketones is 1. The Labute approximate surface area is 162 Å². The molecule has 138 valence electrons. The van der Waals surface area contributed by atoms with Gasteiger partial charge >= 0.3 is 0 Å². The summed E-state index contributed by atoms with van der Waals surface area (Å²) >= 11 is 1.17. The van der Waals surface area contributed by atoms with E-state index in [1.54, 1.807) is 6.92 Å². The number of carbonyl (C=O) groups is 2. The average molecular weight is 380 g/mol. The molecule has 0 bridgehead atoms. The van der Waals surface area contributed by atoms with E-state index in [1.807, 2.05) is 61.5 Å². The van der Waals surface area contributed by atoms with E-state index in [0.717, 1.165) is 11.1 Å². The highest BCUT2D eigenvalue weighted by Crippen LogP contribution is 2.31. The zero-order valence-electron chi connectivity index (χ0n) is 15.4. The van der Waals surface area contributed by atoms with Crippen LogP contribution in [0.3, 0.4) is 0 Å². The van der Waals surface area contributed by atoms with Crippen molar-refractivity contribution in [2.45, 2.75) is 26.9 Å². The number of hydrogen-bond donors (Lipinski definition) is 1. The summed E-state index contributed by atoms with van der Waals surface area (Å²) in [6.07, 6.45) is -0.698. The quantitative estimate of drug-likeness (QED) is 0.628. The molecule has 6 heteroatoms. The SMILES string of the molecule is CC(=O)c1sc(NC(=O)C(C)Oc2cccc(C)c2)nc1-c1ccccc1. The van der Waals surface area contributed by atoms with Gasteiger partial charge in [0.15, 0.2) is 17.0 Å². The minimum absolute atomic E-state index is 0.0871. The van der Waals surface area contributed by atoms with Gasteiger partial charge in [-0.3, -0.25) is 14.9 Å². The lowest BCUT2D eigenvalue weighted by Crippen LogP contribution is -2.30. The lowest BCUT2D eigenvalue weighted by molar-refractivity contribution is -0.122. The van der Waals surface area contributed by atoms with Gasteiger partial charge < -0.3 is 4.74 Å². The molecule has 5 nitrogen and oxygen atoms in total. The fourth-order valence-corrected chi connectivity index (χ4v) is 3.44. The highest BCUT2D eigenvalue weighted by Gasteiger charge is 2.20. The maximum Gasteiger partial charge on any atom is 0.266 e. The third-order valence-electron chi connectivity index (χ3n) is 3.90. The Hall–Kier alpha value is -2.99. The Kier molecular flexibility index (Phi) is 5.66. The fourth-order valence-electron chi connectivity index (χ4n) is 2.56. The molecule has 0 fully saturated rings. The topological polar surface area (TPSA) is 68.3 Å². The van der Waals surface area contributed by atoms with Crippen LogP contribution in [-0.2, 0) is 4.79 Å². The molecule has 1 N–H and O–H groups in total. The van der Waals surface area contributed by atoms with Gasteiger partial charge in [-0.1, -0.05) is 53.8 Å².